The van der Waals surface area contributed by atoms with Gasteiger partial charge in [0.25, 0.3) is 5.91 Å². The Morgan fingerprint density at radius 3 is 2.67 bits per heavy atom. The van der Waals surface area contributed by atoms with E-state index >= 15 is 0 Å². The molecule has 0 fully saturated rings. The number of carbonyl (C=O) groups excluding carboxylic acids is 2. The summed E-state index contributed by atoms with van der Waals surface area (Å²) in [5, 5.41) is 14.7. The first-order valence-electron chi connectivity index (χ1n) is 7.19. The fourth-order valence-electron chi connectivity index (χ4n) is 2.37. The first kappa shape index (κ1) is 15.7. The van der Waals surface area contributed by atoms with Crippen LogP contribution in [-0.2, 0) is 9.59 Å². The van der Waals surface area contributed by atoms with E-state index < -0.39 is 23.7 Å². The summed E-state index contributed by atoms with van der Waals surface area (Å²) in [6.07, 6.45) is 0.0575. The highest BCUT2D eigenvalue weighted by Crippen LogP contribution is 2.25. The van der Waals surface area contributed by atoms with Crippen molar-refractivity contribution < 1.29 is 14.0 Å². The highest BCUT2D eigenvalue weighted by molar-refractivity contribution is 6.44. The summed E-state index contributed by atoms with van der Waals surface area (Å²) in [6.45, 7) is 1.80. The molecule has 1 aliphatic rings. The zero-order valence-electron chi connectivity index (χ0n) is 12.8. The Morgan fingerprint density at radius 2 is 2.08 bits per heavy atom. The summed E-state index contributed by atoms with van der Waals surface area (Å²) >= 11 is 0. The maximum Gasteiger partial charge on any atom is 0.273 e. The number of nitrogens with two attached hydrogens (primary N) is 1. The van der Waals surface area contributed by atoms with Gasteiger partial charge in [-0.15, -0.1) is 0 Å². The van der Waals surface area contributed by atoms with E-state index in [9.17, 15) is 14.0 Å². The minimum atomic E-state index is -0.808. The summed E-state index contributed by atoms with van der Waals surface area (Å²) in [7, 11) is 0. The molecule has 0 spiro atoms. The zero-order valence-corrected chi connectivity index (χ0v) is 12.8. The molecule has 2 amide bonds. The fourth-order valence-corrected chi connectivity index (χ4v) is 2.37. The number of halogens is 1. The highest BCUT2D eigenvalue weighted by Gasteiger charge is 2.35. The van der Waals surface area contributed by atoms with Crippen molar-refractivity contribution in [3.63, 3.8) is 0 Å². The minimum Gasteiger partial charge on any atom is -0.368 e. The maximum absolute atomic E-state index is 13.1. The predicted octanol–water partition coefficient (Wildman–Crippen LogP) is 0.916. The molecule has 0 saturated carbocycles. The second-order valence-electron chi connectivity index (χ2n) is 5.38. The summed E-state index contributed by atoms with van der Waals surface area (Å²) < 4.78 is 13.1. The lowest BCUT2D eigenvalue weighted by molar-refractivity contribution is -0.119. The van der Waals surface area contributed by atoms with Crippen molar-refractivity contribution in [3.8, 4) is 0 Å². The van der Waals surface area contributed by atoms with Gasteiger partial charge in [0.1, 0.15) is 17.6 Å². The Balaban J connectivity index is 1.83. The molecule has 1 aromatic heterocycles. The van der Waals surface area contributed by atoms with E-state index in [1.165, 1.54) is 29.3 Å². The number of aryl methyl sites for hydroxylation is 1. The number of anilines is 2. The van der Waals surface area contributed by atoms with Crippen molar-refractivity contribution >= 4 is 29.0 Å². The lowest BCUT2D eigenvalue weighted by Gasteiger charge is -2.20. The Labute approximate surface area is 136 Å². The molecule has 2 aromatic rings. The molecular weight excluding hydrogens is 315 g/mol. The molecule has 1 aliphatic heterocycles. The first-order valence-corrected chi connectivity index (χ1v) is 7.19. The number of aromatic amines is 1. The van der Waals surface area contributed by atoms with E-state index in [1.807, 2.05) is 0 Å². The van der Waals surface area contributed by atoms with Gasteiger partial charge in [0.15, 0.2) is 5.82 Å². The van der Waals surface area contributed by atoms with Crippen LogP contribution in [0, 0.1) is 12.7 Å². The van der Waals surface area contributed by atoms with Gasteiger partial charge in [-0.1, -0.05) is 0 Å². The van der Waals surface area contributed by atoms with Crippen LogP contribution < -0.4 is 16.1 Å². The normalized spacial score (nSPS) is 16.8. The van der Waals surface area contributed by atoms with Gasteiger partial charge in [-0.3, -0.25) is 19.7 Å². The van der Waals surface area contributed by atoms with Gasteiger partial charge >= 0.3 is 0 Å². The van der Waals surface area contributed by atoms with Crippen LogP contribution >= 0.6 is 0 Å². The van der Waals surface area contributed by atoms with Gasteiger partial charge in [0.2, 0.25) is 5.91 Å². The van der Waals surface area contributed by atoms with Crippen LogP contribution in [-0.4, -0.2) is 33.8 Å². The lowest BCUT2D eigenvalue weighted by atomic mass is 10.1. The number of hydrogen-bond donors (Lipinski definition) is 3. The van der Waals surface area contributed by atoms with E-state index in [0.717, 1.165) is 5.69 Å². The van der Waals surface area contributed by atoms with Crippen LogP contribution in [0.15, 0.2) is 35.4 Å². The largest absolute Gasteiger partial charge is 0.368 e. The molecule has 1 atom stereocenters. The van der Waals surface area contributed by atoms with E-state index in [0.29, 0.717) is 11.5 Å². The minimum absolute atomic E-state index is 0.0575. The molecule has 2 heterocycles. The maximum atomic E-state index is 13.1. The molecule has 1 unspecified atom stereocenters. The number of nitrogens with zero attached hydrogens (tertiary/aromatic N) is 3. The fraction of sp³-hybridized carbons (Fsp3) is 0.200. The van der Waals surface area contributed by atoms with Crippen LogP contribution in [0.3, 0.4) is 0 Å². The topological polar surface area (TPSA) is 116 Å². The van der Waals surface area contributed by atoms with Crippen LogP contribution in [0.1, 0.15) is 12.1 Å². The van der Waals surface area contributed by atoms with Crippen LogP contribution in [0.5, 0.6) is 0 Å². The summed E-state index contributed by atoms with van der Waals surface area (Å²) in [5.41, 5.74) is 6.80. The molecule has 3 rings (SSSR count). The molecule has 1 aromatic carbocycles. The highest BCUT2D eigenvalue weighted by atomic mass is 19.1. The van der Waals surface area contributed by atoms with Gasteiger partial charge in [-0.2, -0.15) is 10.2 Å². The molecular formula is C15H15FN6O2. The average molecular weight is 330 g/mol. The van der Waals surface area contributed by atoms with Crippen molar-refractivity contribution in [2.45, 2.75) is 19.4 Å². The standard InChI is InChI=1S/C15H15FN6O2/c1-8-6-13(20-19-8)18-15(24)11-7-12(14(17)23)22(21-11)10-4-2-9(16)3-5-10/h2-6,12H,7H2,1H3,(H2,17,23)(H2,18,19,20,24). The lowest BCUT2D eigenvalue weighted by Crippen LogP contribution is -2.39. The van der Waals surface area contributed by atoms with Crippen molar-refractivity contribution in [1.82, 2.24) is 10.2 Å². The van der Waals surface area contributed by atoms with Crippen molar-refractivity contribution in [1.29, 1.82) is 0 Å². The summed E-state index contributed by atoms with van der Waals surface area (Å²) in [4.78, 5) is 24.0. The van der Waals surface area contributed by atoms with E-state index in [-0.39, 0.29) is 12.1 Å². The van der Waals surface area contributed by atoms with E-state index in [2.05, 4.69) is 20.6 Å². The van der Waals surface area contributed by atoms with Gasteiger partial charge in [0, 0.05) is 18.2 Å². The summed E-state index contributed by atoms with van der Waals surface area (Å²) in [5.74, 6) is -1.15. The Bertz CT molecular complexity index is 814. The van der Waals surface area contributed by atoms with E-state index in [4.69, 9.17) is 5.73 Å². The van der Waals surface area contributed by atoms with Crippen LogP contribution in [0.25, 0.3) is 0 Å². The molecule has 9 heteroatoms. The van der Waals surface area contributed by atoms with Gasteiger partial charge in [-0.05, 0) is 31.2 Å². The number of aromatic nitrogens is 2. The quantitative estimate of drug-likeness (QED) is 0.772. The third kappa shape index (κ3) is 3.09. The van der Waals surface area contributed by atoms with Gasteiger partial charge < -0.3 is 11.1 Å². The van der Waals surface area contributed by atoms with Gasteiger partial charge in [-0.25, -0.2) is 4.39 Å². The number of primary amides is 1. The number of amides is 2. The second kappa shape index (κ2) is 6.11. The molecule has 0 aliphatic carbocycles. The molecule has 124 valence electrons. The van der Waals surface area contributed by atoms with Crippen LogP contribution in [0.4, 0.5) is 15.9 Å². The Morgan fingerprint density at radius 1 is 1.38 bits per heavy atom. The molecule has 4 N–H and O–H groups in total. The SMILES string of the molecule is Cc1cc(NC(=O)C2=NN(c3ccc(F)cc3)C(C(N)=O)C2)n[nH]1. The first-order chi connectivity index (χ1) is 11.4. The monoisotopic (exact) mass is 330 g/mol. The number of benzene rings is 1. The molecule has 0 saturated heterocycles. The number of hydrogen-bond acceptors (Lipinski definition) is 5. The van der Waals surface area contributed by atoms with E-state index in [1.54, 1.807) is 13.0 Å². The smallest absolute Gasteiger partial charge is 0.273 e. The zero-order chi connectivity index (χ0) is 17.3. The number of nitrogens with one attached hydrogen (secondary N) is 2. The average Bonchev–Trinajstić information content (AvgIpc) is 3.15. The third-order valence-electron chi connectivity index (χ3n) is 3.54. The molecule has 0 bridgehead atoms. The second-order valence-corrected chi connectivity index (χ2v) is 5.38. The Hall–Kier alpha value is -3.23. The van der Waals surface area contributed by atoms with Crippen LogP contribution in [0.2, 0.25) is 0 Å². The number of hydrazone groups is 1. The van der Waals surface area contributed by atoms with Crippen molar-refractivity contribution in [3.05, 3.63) is 41.8 Å². The molecule has 8 nitrogen and oxygen atoms in total. The molecule has 24 heavy (non-hydrogen) atoms. The van der Waals surface area contributed by atoms with Crippen molar-refractivity contribution in [2.24, 2.45) is 10.8 Å². The third-order valence-corrected chi connectivity index (χ3v) is 3.54. The number of rotatable bonds is 4. The summed E-state index contributed by atoms with van der Waals surface area (Å²) in [6, 6.07) is 6.27. The predicted molar refractivity (Wildman–Crippen MR) is 85.9 cm³/mol. The number of H-pyrrole nitrogens is 1. The Kier molecular flexibility index (Phi) is 3.98. The molecule has 0 radical (unpaired) electrons. The van der Waals surface area contributed by atoms with Crippen molar-refractivity contribution in [2.75, 3.05) is 10.3 Å². The number of carbonyl (C=O) groups is 2. The van der Waals surface area contributed by atoms with Gasteiger partial charge in [0.05, 0.1) is 5.69 Å².